The van der Waals surface area contributed by atoms with E-state index in [1.54, 1.807) is 6.07 Å². The predicted molar refractivity (Wildman–Crippen MR) is 118 cm³/mol. The van der Waals surface area contributed by atoms with Crippen LogP contribution in [0.2, 0.25) is 0 Å². The van der Waals surface area contributed by atoms with E-state index in [4.69, 9.17) is 4.74 Å². The molecule has 31 heavy (non-hydrogen) atoms. The lowest BCUT2D eigenvalue weighted by molar-refractivity contribution is -0.869. The fourth-order valence-corrected chi connectivity index (χ4v) is 2.97. The highest BCUT2D eigenvalue weighted by atomic mass is 79.9. The van der Waals surface area contributed by atoms with Crippen molar-refractivity contribution in [2.24, 2.45) is 0 Å². The van der Waals surface area contributed by atoms with Crippen molar-refractivity contribution >= 4 is 11.6 Å². The van der Waals surface area contributed by atoms with Gasteiger partial charge in [0.2, 0.25) is 0 Å². The van der Waals surface area contributed by atoms with Gasteiger partial charge in [0, 0.05) is 11.6 Å². The number of nitro groups is 1. The molecule has 0 saturated heterocycles. The van der Waals surface area contributed by atoms with Crippen molar-refractivity contribution in [2.75, 3.05) is 40.8 Å². The normalized spacial score (nSPS) is 10.8. The molecule has 0 aromatic heterocycles. The fraction of sp³-hybridized carbons (Fsp3) is 0.435. The van der Waals surface area contributed by atoms with Crippen LogP contribution in [0.1, 0.15) is 35.2 Å². The van der Waals surface area contributed by atoms with E-state index < -0.39 is 4.92 Å². The summed E-state index contributed by atoms with van der Waals surface area (Å²) >= 11 is 0. The van der Waals surface area contributed by atoms with Gasteiger partial charge in [-0.3, -0.25) is 14.9 Å². The van der Waals surface area contributed by atoms with Gasteiger partial charge in [0.05, 0.1) is 45.8 Å². The number of hydrogen-bond donors (Lipinski definition) is 1. The van der Waals surface area contributed by atoms with Crippen LogP contribution in [-0.2, 0) is 6.42 Å². The smallest absolute Gasteiger partial charge is 0.311 e. The molecule has 0 aliphatic rings. The lowest BCUT2D eigenvalue weighted by Gasteiger charge is -2.23. The Hall–Kier alpha value is -2.45. The first-order valence-electron chi connectivity index (χ1n) is 10.3. The molecular weight excluding hydrogens is 462 g/mol. The first-order valence-corrected chi connectivity index (χ1v) is 10.3. The van der Waals surface area contributed by atoms with Gasteiger partial charge in [0.25, 0.3) is 5.91 Å². The maximum Gasteiger partial charge on any atom is 0.311 e. The Morgan fingerprint density at radius 2 is 1.77 bits per heavy atom. The number of amides is 1. The zero-order chi connectivity index (χ0) is 22.0. The maximum atomic E-state index is 12.3. The Bertz CT molecular complexity index is 838. The number of nitro benzene ring substituents is 1. The van der Waals surface area contributed by atoms with Gasteiger partial charge in [-0.05, 0) is 43.4 Å². The average Bonchev–Trinajstić information content (AvgIpc) is 2.70. The van der Waals surface area contributed by atoms with Crippen LogP contribution in [0.3, 0.4) is 0 Å². The van der Waals surface area contributed by atoms with Crippen molar-refractivity contribution in [1.29, 1.82) is 0 Å². The minimum atomic E-state index is -0.506. The first kappa shape index (κ1) is 26.6. The molecule has 8 heteroatoms. The van der Waals surface area contributed by atoms with Gasteiger partial charge in [-0.25, -0.2) is 0 Å². The number of aryl methyl sites for hydroxylation is 1. The molecule has 2 aromatic carbocycles. The number of nitrogens with one attached hydrogen (secondary N) is 1. The number of ether oxygens (including phenoxy) is 1. The highest BCUT2D eigenvalue weighted by molar-refractivity contribution is 5.95. The number of rotatable bonds is 12. The van der Waals surface area contributed by atoms with E-state index in [2.05, 4.69) is 17.4 Å². The average molecular weight is 494 g/mol. The molecule has 1 N–H and O–H groups in total. The third-order valence-corrected chi connectivity index (χ3v) is 4.70. The second-order valence-electron chi connectivity index (χ2n) is 8.35. The molecule has 2 rings (SSSR count). The van der Waals surface area contributed by atoms with Gasteiger partial charge in [0.15, 0.2) is 5.75 Å². The maximum absolute atomic E-state index is 12.3. The highest BCUT2D eigenvalue weighted by Crippen LogP contribution is 2.28. The minimum Gasteiger partial charge on any atom is -1.00 e. The summed E-state index contributed by atoms with van der Waals surface area (Å²) in [4.78, 5) is 23.2. The van der Waals surface area contributed by atoms with Crippen LogP contribution in [0.5, 0.6) is 5.75 Å². The quantitative estimate of drug-likeness (QED) is 0.205. The number of nitrogens with zero attached hydrogens (tertiary/aromatic N) is 2. The van der Waals surface area contributed by atoms with Crippen molar-refractivity contribution in [3.05, 3.63) is 69.8 Å². The van der Waals surface area contributed by atoms with Gasteiger partial charge >= 0.3 is 5.69 Å². The van der Waals surface area contributed by atoms with Gasteiger partial charge in [0.1, 0.15) is 0 Å². The molecule has 0 fully saturated rings. The Labute approximate surface area is 194 Å². The lowest BCUT2D eigenvalue weighted by Crippen LogP contribution is -3.00. The van der Waals surface area contributed by atoms with Crippen molar-refractivity contribution in [1.82, 2.24) is 5.32 Å². The molecular formula is C23H32BrN3O4. The summed E-state index contributed by atoms with van der Waals surface area (Å²) in [6, 6.07) is 14.7. The second kappa shape index (κ2) is 13.1. The van der Waals surface area contributed by atoms with Crippen LogP contribution in [0.15, 0.2) is 48.5 Å². The van der Waals surface area contributed by atoms with E-state index in [0.29, 0.717) is 13.2 Å². The van der Waals surface area contributed by atoms with E-state index in [1.807, 2.05) is 39.3 Å². The van der Waals surface area contributed by atoms with Crippen LogP contribution in [0.4, 0.5) is 5.69 Å². The van der Waals surface area contributed by atoms with Gasteiger partial charge in [-0.1, -0.05) is 30.3 Å². The van der Waals surface area contributed by atoms with E-state index >= 15 is 0 Å². The number of unbranched alkanes of at least 4 members (excludes halogenated alkanes) is 2. The third kappa shape index (κ3) is 9.93. The number of quaternary nitrogens is 1. The molecule has 0 bridgehead atoms. The predicted octanol–water partition coefficient (Wildman–Crippen LogP) is 0.827. The second-order valence-corrected chi connectivity index (χ2v) is 8.35. The molecule has 0 atom stereocenters. The van der Waals surface area contributed by atoms with Gasteiger partial charge in [-0.15, -0.1) is 0 Å². The fourth-order valence-electron chi connectivity index (χ4n) is 2.97. The van der Waals surface area contributed by atoms with Crippen LogP contribution in [0, 0.1) is 10.1 Å². The third-order valence-electron chi connectivity index (χ3n) is 4.70. The van der Waals surface area contributed by atoms with E-state index in [-0.39, 0.29) is 39.9 Å². The van der Waals surface area contributed by atoms with Crippen LogP contribution < -0.4 is 27.0 Å². The molecule has 0 saturated carbocycles. The largest absolute Gasteiger partial charge is 1.00 e. The summed E-state index contributed by atoms with van der Waals surface area (Å²) < 4.78 is 6.36. The summed E-state index contributed by atoms with van der Waals surface area (Å²) in [7, 11) is 6.10. The van der Waals surface area contributed by atoms with Gasteiger partial charge in [-0.2, -0.15) is 0 Å². The molecule has 0 radical (unpaired) electrons. The molecule has 7 nitrogen and oxygen atoms in total. The highest BCUT2D eigenvalue weighted by Gasteiger charge is 2.19. The van der Waals surface area contributed by atoms with E-state index in [0.717, 1.165) is 36.7 Å². The SMILES string of the molecule is C[N+](C)(C)CCNC(=O)c1ccc(OCCCCCc2ccccc2)c([N+](=O)[O-])c1.[Br-]. The number of halogens is 1. The zero-order valence-corrected chi connectivity index (χ0v) is 20.1. The summed E-state index contributed by atoms with van der Waals surface area (Å²) in [5, 5.41) is 14.2. The number of hydrogen-bond acceptors (Lipinski definition) is 4. The number of carbonyl (C=O) groups is 1. The van der Waals surface area contributed by atoms with Crippen molar-refractivity contribution < 1.29 is 35.9 Å². The Kier molecular flexibility index (Phi) is 11.2. The number of carbonyl (C=O) groups excluding carboxylic acids is 1. The van der Waals surface area contributed by atoms with Crippen molar-refractivity contribution in [3.63, 3.8) is 0 Å². The van der Waals surface area contributed by atoms with E-state index in [9.17, 15) is 14.9 Å². The molecule has 1 amide bonds. The summed E-state index contributed by atoms with van der Waals surface area (Å²) in [5.41, 5.74) is 1.39. The summed E-state index contributed by atoms with van der Waals surface area (Å²) in [6.45, 7) is 1.67. The van der Waals surface area contributed by atoms with Crippen LogP contribution in [0.25, 0.3) is 0 Å². The molecule has 0 aliphatic heterocycles. The molecule has 0 heterocycles. The molecule has 170 valence electrons. The molecule has 0 spiro atoms. The monoisotopic (exact) mass is 493 g/mol. The zero-order valence-electron chi connectivity index (χ0n) is 18.5. The van der Waals surface area contributed by atoms with E-state index in [1.165, 1.54) is 17.7 Å². The van der Waals surface area contributed by atoms with Crippen LogP contribution >= 0.6 is 0 Å². The van der Waals surface area contributed by atoms with Crippen LogP contribution in [-0.4, -0.2) is 56.2 Å². The minimum absolute atomic E-state index is 0. The summed E-state index contributed by atoms with van der Waals surface area (Å²) in [6.07, 6.45) is 3.85. The van der Waals surface area contributed by atoms with Gasteiger partial charge < -0.3 is 31.5 Å². The topological polar surface area (TPSA) is 81.5 Å². The molecule has 0 aliphatic carbocycles. The Morgan fingerprint density at radius 3 is 2.42 bits per heavy atom. The Morgan fingerprint density at radius 1 is 1.06 bits per heavy atom. The molecule has 0 unspecified atom stereocenters. The number of benzene rings is 2. The first-order chi connectivity index (χ1) is 14.3. The molecule has 2 aromatic rings. The Balaban J connectivity index is 0.00000480. The lowest BCUT2D eigenvalue weighted by atomic mass is 10.1. The standard InChI is InChI=1S/C23H31N3O4.BrH/c1-26(2,3)16-15-24-23(27)20-13-14-22(21(18-20)25(28)29)30-17-9-5-8-12-19-10-6-4-7-11-19;/h4,6-7,10-11,13-14,18H,5,8-9,12,15-17H2,1-3H3;1H. The van der Waals surface area contributed by atoms with Crippen molar-refractivity contribution in [2.45, 2.75) is 25.7 Å². The summed E-state index contributed by atoms with van der Waals surface area (Å²) in [5.74, 6) is -0.120. The number of likely N-dealkylation sites (N-methyl/N-ethyl adjacent to an activating group) is 1. The van der Waals surface area contributed by atoms with Crippen molar-refractivity contribution in [3.8, 4) is 5.75 Å².